The highest BCUT2D eigenvalue weighted by atomic mass is 16.2. The lowest BCUT2D eigenvalue weighted by Crippen LogP contribution is -2.56. The molecule has 2 aromatic heterocycles. The Morgan fingerprint density at radius 3 is 2.67 bits per heavy atom. The van der Waals surface area contributed by atoms with Gasteiger partial charge in [0.2, 0.25) is 5.91 Å². The van der Waals surface area contributed by atoms with E-state index in [2.05, 4.69) is 41.1 Å². The molecule has 0 aromatic carbocycles. The molecule has 7 heteroatoms. The molecule has 0 radical (unpaired) electrons. The summed E-state index contributed by atoms with van der Waals surface area (Å²) < 4.78 is 1.97. The van der Waals surface area contributed by atoms with Crippen molar-refractivity contribution in [2.45, 2.75) is 58.4 Å². The maximum Gasteiger partial charge on any atom is 0.226 e. The van der Waals surface area contributed by atoms with Crippen molar-refractivity contribution in [3.05, 3.63) is 23.5 Å². The second kappa shape index (κ2) is 7.52. The van der Waals surface area contributed by atoms with Crippen LogP contribution in [0.15, 0.2) is 12.3 Å². The fraction of sp³-hybridized carbons (Fsp3) is 0.696. The van der Waals surface area contributed by atoms with E-state index in [1.54, 1.807) is 0 Å². The number of likely N-dealkylation sites (N-methyl/N-ethyl adjacent to an activating group) is 1. The highest BCUT2D eigenvalue weighted by Crippen LogP contribution is 2.36. The van der Waals surface area contributed by atoms with Gasteiger partial charge in [-0.2, -0.15) is 9.61 Å². The summed E-state index contributed by atoms with van der Waals surface area (Å²) in [5.74, 6) is 1.45. The summed E-state index contributed by atoms with van der Waals surface area (Å²) in [6.45, 7) is 8.27. The van der Waals surface area contributed by atoms with Crippen LogP contribution >= 0.6 is 0 Å². The molecule has 30 heavy (non-hydrogen) atoms. The minimum Gasteiger partial charge on any atom is -0.354 e. The first-order valence-corrected chi connectivity index (χ1v) is 11.5. The standard InChI is InChI=1S/C23H34N6O/c1-23(2)9-4-17(5-10-23)25-21(30)16-14-28(15-16)22-18-7-12-27(3)13-8-19(18)26-20-6-11-24-29(20)22/h6,11,16-17H,4-5,7-10,12-15H2,1-3H3,(H,25,30). The first kappa shape index (κ1) is 19.8. The summed E-state index contributed by atoms with van der Waals surface area (Å²) >= 11 is 0. The van der Waals surface area contributed by atoms with Gasteiger partial charge in [0, 0.05) is 50.3 Å². The summed E-state index contributed by atoms with van der Waals surface area (Å²) in [6, 6.07) is 2.33. The molecule has 2 fully saturated rings. The molecule has 0 unspecified atom stereocenters. The van der Waals surface area contributed by atoms with Crippen LogP contribution in [-0.2, 0) is 17.6 Å². The van der Waals surface area contributed by atoms with Gasteiger partial charge in [-0.25, -0.2) is 4.98 Å². The lowest BCUT2D eigenvalue weighted by molar-refractivity contribution is -0.126. The number of hydrogen-bond donors (Lipinski definition) is 1. The molecule has 0 spiro atoms. The second-order valence-corrected chi connectivity index (χ2v) is 10.3. The zero-order valence-electron chi connectivity index (χ0n) is 18.5. The van der Waals surface area contributed by atoms with E-state index >= 15 is 0 Å². The van der Waals surface area contributed by atoms with Crippen molar-refractivity contribution in [1.82, 2.24) is 24.8 Å². The van der Waals surface area contributed by atoms with Crippen molar-refractivity contribution in [2.24, 2.45) is 11.3 Å². The number of aromatic nitrogens is 3. The zero-order valence-corrected chi connectivity index (χ0v) is 18.5. The van der Waals surface area contributed by atoms with Crippen LogP contribution in [0.3, 0.4) is 0 Å². The summed E-state index contributed by atoms with van der Waals surface area (Å²) in [5.41, 5.74) is 3.84. The second-order valence-electron chi connectivity index (χ2n) is 10.3. The molecule has 2 aromatic rings. The first-order valence-electron chi connectivity index (χ1n) is 11.5. The average Bonchev–Trinajstić information content (AvgIpc) is 3.05. The maximum absolute atomic E-state index is 12.9. The van der Waals surface area contributed by atoms with Gasteiger partial charge in [0.05, 0.1) is 17.8 Å². The van der Waals surface area contributed by atoms with Crippen LogP contribution in [0, 0.1) is 11.3 Å². The Labute approximate surface area is 178 Å². The number of anilines is 1. The quantitative estimate of drug-likeness (QED) is 0.841. The van der Waals surface area contributed by atoms with Gasteiger partial charge in [-0.05, 0) is 44.6 Å². The van der Waals surface area contributed by atoms with Crippen LogP contribution in [0.25, 0.3) is 5.65 Å². The summed E-state index contributed by atoms with van der Waals surface area (Å²) in [6.07, 6.45) is 8.38. The van der Waals surface area contributed by atoms with Crippen molar-refractivity contribution in [2.75, 3.05) is 38.1 Å². The highest BCUT2D eigenvalue weighted by Gasteiger charge is 2.38. The van der Waals surface area contributed by atoms with Gasteiger partial charge in [-0.3, -0.25) is 4.79 Å². The Bertz CT molecular complexity index is 935. The molecule has 1 N–H and O–H groups in total. The van der Waals surface area contributed by atoms with Crippen molar-refractivity contribution >= 4 is 17.4 Å². The van der Waals surface area contributed by atoms with E-state index in [0.717, 1.165) is 63.3 Å². The Morgan fingerprint density at radius 2 is 1.90 bits per heavy atom. The highest BCUT2D eigenvalue weighted by molar-refractivity contribution is 5.82. The Morgan fingerprint density at radius 1 is 1.17 bits per heavy atom. The summed E-state index contributed by atoms with van der Waals surface area (Å²) in [4.78, 5) is 22.4. The molecule has 1 saturated heterocycles. The average molecular weight is 411 g/mol. The molecule has 7 nitrogen and oxygen atoms in total. The van der Waals surface area contributed by atoms with E-state index in [0.29, 0.717) is 11.5 Å². The summed E-state index contributed by atoms with van der Waals surface area (Å²) in [7, 11) is 2.17. The third kappa shape index (κ3) is 3.68. The van der Waals surface area contributed by atoms with Crippen LogP contribution in [0.4, 0.5) is 5.82 Å². The number of fused-ring (bicyclic) bond motifs is 2. The lowest BCUT2D eigenvalue weighted by atomic mass is 9.75. The van der Waals surface area contributed by atoms with Crippen LogP contribution in [0.5, 0.6) is 0 Å². The SMILES string of the molecule is CN1CCc2nc3ccnn3c(N3CC(C(=O)NC4CCC(C)(C)CC4)C3)c2CC1. The molecule has 162 valence electrons. The maximum atomic E-state index is 12.9. The number of rotatable bonds is 3. The topological polar surface area (TPSA) is 65.8 Å². The van der Waals surface area contributed by atoms with Crippen LogP contribution in [0.2, 0.25) is 0 Å². The van der Waals surface area contributed by atoms with E-state index in [1.807, 2.05) is 16.8 Å². The van der Waals surface area contributed by atoms with Crippen LogP contribution < -0.4 is 10.2 Å². The predicted octanol–water partition coefficient (Wildman–Crippen LogP) is 2.28. The Hall–Kier alpha value is -2.15. The van der Waals surface area contributed by atoms with Crippen LogP contribution in [0.1, 0.15) is 50.8 Å². The molecule has 0 atom stereocenters. The van der Waals surface area contributed by atoms with Crippen molar-refractivity contribution in [3.63, 3.8) is 0 Å². The van der Waals surface area contributed by atoms with E-state index in [4.69, 9.17) is 4.98 Å². The van der Waals surface area contributed by atoms with Crippen molar-refractivity contribution in [1.29, 1.82) is 0 Å². The number of hydrogen-bond acceptors (Lipinski definition) is 5. The predicted molar refractivity (Wildman–Crippen MR) is 118 cm³/mol. The van der Waals surface area contributed by atoms with Gasteiger partial charge < -0.3 is 15.1 Å². The first-order chi connectivity index (χ1) is 14.4. The monoisotopic (exact) mass is 410 g/mol. The minimum absolute atomic E-state index is 0.0721. The number of nitrogens with one attached hydrogen (secondary N) is 1. The van der Waals surface area contributed by atoms with E-state index < -0.39 is 0 Å². The van der Waals surface area contributed by atoms with Gasteiger partial charge in [0.15, 0.2) is 5.65 Å². The van der Waals surface area contributed by atoms with Crippen molar-refractivity contribution < 1.29 is 4.79 Å². The third-order valence-corrected chi connectivity index (χ3v) is 7.40. The molecular weight excluding hydrogens is 376 g/mol. The van der Waals surface area contributed by atoms with E-state index in [1.165, 1.54) is 24.1 Å². The smallest absolute Gasteiger partial charge is 0.226 e. The molecule has 4 heterocycles. The number of carbonyl (C=O) groups is 1. The van der Waals surface area contributed by atoms with Gasteiger partial charge >= 0.3 is 0 Å². The van der Waals surface area contributed by atoms with Crippen molar-refractivity contribution in [3.8, 4) is 0 Å². The molecule has 1 saturated carbocycles. The number of nitrogens with zero attached hydrogens (tertiary/aromatic N) is 5. The molecular formula is C23H34N6O. The fourth-order valence-electron chi connectivity index (χ4n) is 5.19. The fourth-order valence-corrected chi connectivity index (χ4v) is 5.19. The van der Waals surface area contributed by atoms with Crippen LogP contribution in [-0.4, -0.2) is 64.7 Å². The Kier molecular flexibility index (Phi) is 4.96. The normalized spacial score (nSPS) is 23.1. The molecule has 3 aliphatic rings. The molecule has 2 aliphatic heterocycles. The minimum atomic E-state index is 0.0721. The third-order valence-electron chi connectivity index (χ3n) is 7.40. The van der Waals surface area contributed by atoms with Gasteiger partial charge in [0.1, 0.15) is 5.82 Å². The number of carbonyl (C=O) groups excluding carboxylic acids is 1. The van der Waals surface area contributed by atoms with Gasteiger partial charge in [-0.15, -0.1) is 0 Å². The molecule has 5 rings (SSSR count). The molecule has 1 aliphatic carbocycles. The lowest BCUT2D eigenvalue weighted by Gasteiger charge is -2.42. The van der Waals surface area contributed by atoms with E-state index in [-0.39, 0.29) is 11.8 Å². The van der Waals surface area contributed by atoms with Gasteiger partial charge in [0.25, 0.3) is 0 Å². The largest absolute Gasteiger partial charge is 0.354 e. The summed E-state index contributed by atoms with van der Waals surface area (Å²) in [5, 5.41) is 7.89. The Balaban J connectivity index is 1.29. The zero-order chi connectivity index (χ0) is 20.9. The molecule has 1 amide bonds. The van der Waals surface area contributed by atoms with E-state index in [9.17, 15) is 4.79 Å². The molecule has 0 bridgehead atoms. The van der Waals surface area contributed by atoms with Gasteiger partial charge in [-0.1, -0.05) is 13.8 Å². The number of amides is 1.